The molecular formula is C24H21F6N7. The van der Waals surface area contributed by atoms with E-state index < -0.39 is 47.1 Å². The molecule has 7 nitrogen and oxygen atoms in total. The number of halogens is 6. The van der Waals surface area contributed by atoms with E-state index in [-0.39, 0.29) is 23.6 Å². The standard InChI is InChI=1S/C24H21F6N7/c1-13(31)23(2,24(28,29)30)12-34-21-16(26)10-33-22(35-21)18-9-19(17-7-4-8-32-17)37(36-18)11-14-5-3-6-15(25)20(14)27/h3-7,9-10H,1,8,11-12,31H2,2H3,(H,33,34,35). The van der Waals surface area contributed by atoms with E-state index in [1.807, 2.05) is 0 Å². The van der Waals surface area contributed by atoms with Crippen LogP contribution in [0.25, 0.3) is 11.5 Å². The fourth-order valence-electron chi connectivity index (χ4n) is 3.49. The molecule has 194 valence electrons. The number of hydrogen-bond donors (Lipinski definition) is 2. The fraction of sp³-hybridized carbons (Fsp3) is 0.250. The number of nitrogens with one attached hydrogen (secondary N) is 1. The zero-order chi connectivity index (χ0) is 27.0. The Labute approximate surface area is 207 Å². The Morgan fingerprint density at radius 2 is 1.95 bits per heavy atom. The van der Waals surface area contributed by atoms with Crippen LogP contribution in [0, 0.1) is 22.9 Å². The number of allylic oxidation sites excluding steroid dienone is 1. The lowest BCUT2D eigenvalue weighted by Gasteiger charge is -2.32. The third kappa shape index (κ3) is 5.06. The number of alkyl halides is 3. The summed E-state index contributed by atoms with van der Waals surface area (Å²) in [6.45, 7) is 3.44. The predicted molar refractivity (Wildman–Crippen MR) is 125 cm³/mol. The molecule has 4 rings (SSSR count). The number of nitrogens with two attached hydrogens (primary N) is 1. The van der Waals surface area contributed by atoms with Crippen molar-refractivity contribution in [3.63, 3.8) is 0 Å². The monoisotopic (exact) mass is 521 g/mol. The second-order valence-electron chi connectivity index (χ2n) is 8.51. The van der Waals surface area contributed by atoms with Crippen molar-refractivity contribution < 1.29 is 26.3 Å². The molecule has 1 aliphatic heterocycles. The maximum atomic E-state index is 14.4. The summed E-state index contributed by atoms with van der Waals surface area (Å²) >= 11 is 0. The number of aromatic nitrogens is 4. The highest BCUT2D eigenvalue weighted by Crippen LogP contribution is 2.41. The van der Waals surface area contributed by atoms with Gasteiger partial charge < -0.3 is 11.1 Å². The number of rotatable bonds is 8. The Kier molecular flexibility index (Phi) is 6.80. The number of benzene rings is 1. The Hall–Kier alpha value is -4.16. The normalized spacial score (nSPS) is 14.9. The van der Waals surface area contributed by atoms with Crippen molar-refractivity contribution in [2.75, 3.05) is 18.4 Å². The van der Waals surface area contributed by atoms with Crippen LogP contribution in [-0.4, -0.2) is 44.7 Å². The molecule has 0 amide bonds. The minimum atomic E-state index is -4.76. The number of anilines is 1. The van der Waals surface area contributed by atoms with E-state index in [1.165, 1.54) is 22.9 Å². The molecule has 0 saturated heterocycles. The fourth-order valence-corrected chi connectivity index (χ4v) is 3.49. The number of hydrogen-bond acceptors (Lipinski definition) is 6. The average molecular weight is 521 g/mol. The summed E-state index contributed by atoms with van der Waals surface area (Å²) in [6, 6.07) is 5.26. The summed E-state index contributed by atoms with van der Waals surface area (Å²) in [5, 5.41) is 6.70. The highest BCUT2D eigenvalue weighted by atomic mass is 19.4. The van der Waals surface area contributed by atoms with Gasteiger partial charge in [0.05, 0.1) is 30.7 Å². The van der Waals surface area contributed by atoms with E-state index in [1.54, 1.807) is 12.2 Å². The molecule has 0 aliphatic carbocycles. The van der Waals surface area contributed by atoms with Gasteiger partial charge in [0, 0.05) is 17.8 Å². The zero-order valence-electron chi connectivity index (χ0n) is 19.5. The molecule has 0 radical (unpaired) electrons. The Balaban J connectivity index is 1.69. The van der Waals surface area contributed by atoms with E-state index in [0.29, 0.717) is 18.0 Å². The van der Waals surface area contributed by atoms with Gasteiger partial charge in [-0.25, -0.2) is 23.1 Å². The smallest absolute Gasteiger partial charge is 0.401 e. The maximum Gasteiger partial charge on any atom is 0.401 e. The Bertz CT molecular complexity index is 1410. The van der Waals surface area contributed by atoms with Crippen molar-refractivity contribution in [3.8, 4) is 11.5 Å². The summed E-state index contributed by atoms with van der Waals surface area (Å²) in [6.07, 6.45) is -0.470. The van der Waals surface area contributed by atoms with Crippen LogP contribution in [0.1, 0.15) is 18.2 Å². The second kappa shape index (κ2) is 9.71. The molecule has 2 aromatic heterocycles. The van der Waals surface area contributed by atoms with E-state index >= 15 is 0 Å². The number of aliphatic imine (C=N–C) groups is 1. The van der Waals surface area contributed by atoms with Gasteiger partial charge in [-0.05, 0) is 25.1 Å². The van der Waals surface area contributed by atoms with Gasteiger partial charge in [0.2, 0.25) is 0 Å². The van der Waals surface area contributed by atoms with Crippen LogP contribution in [0.3, 0.4) is 0 Å². The van der Waals surface area contributed by atoms with Crippen molar-refractivity contribution in [2.45, 2.75) is 19.6 Å². The zero-order valence-corrected chi connectivity index (χ0v) is 19.5. The van der Waals surface area contributed by atoms with Crippen LogP contribution < -0.4 is 11.1 Å². The quantitative estimate of drug-likeness (QED) is 0.422. The molecule has 3 aromatic rings. The molecule has 1 unspecified atom stereocenters. The van der Waals surface area contributed by atoms with Gasteiger partial charge in [-0.15, -0.1) is 0 Å². The summed E-state index contributed by atoms with van der Waals surface area (Å²) < 4.78 is 84.4. The minimum absolute atomic E-state index is 0.0225. The van der Waals surface area contributed by atoms with Crippen LogP contribution in [0.5, 0.6) is 0 Å². The van der Waals surface area contributed by atoms with Crippen molar-refractivity contribution in [1.82, 2.24) is 19.7 Å². The Morgan fingerprint density at radius 1 is 1.19 bits per heavy atom. The molecule has 37 heavy (non-hydrogen) atoms. The van der Waals surface area contributed by atoms with Crippen molar-refractivity contribution in [2.24, 2.45) is 16.1 Å². The number of nitrogens with zero attached hydrogens (tertiary/aromatic N) is 5. The molecule has 3 heterocycles. The highest BCUT2D eigenvalue weighted by Gasteiger charge is 2.52. The molecule has 0 fully saturated rings. The first-order valence-electron chi connectivity index (χ1n) is 10.9. The first kappa shape index (κ1) is 25.9. The lowest BCUT2D eigenvalue weighted by atomic mass is 9.86. The van der Waals surface area contributed by atoms with E-state index in [0.717, 1.165) is 19.2 Å². The van der Waals surface area contributed by atoms with E-state index in [9.17, 15) is 26.3 Å². The van der Waals surface area contributed by atoms with Gasteiger partial charge in [0.25, 0.3) is 0 Å². The molecule has 1 aromatic carbocycles. The molecule has 13 heteroatoms. The summed E-state index contributed by atoms with van der Waals surface area (Å²) in [4.78, 5) is 12.2. The first-order valence-corrected chi connectivity index (χ1v) is 10.9. The van der Waals surface area contributed by atoms with Gasteiger partial charge in [0.1, 0.15) is 11.1 Å². The lowest BCUT2D eigenvalue weighted by molar-refractivity contribution is -0.199. The van der Waals surface area contributed by atoms with Crippen LogP contribution in [0.2, 0.25) is 0 Å². The van der Waals surface area contributed by atoms with Gasteiger partial charge >= 0.3 is 6.18 Å². The van der Waals surface area contributed by atoms with E-state index in [2.05, 4.69) is 32.0 Å². The first-order chi connectivity index (χ1) is 17.4. The van der Waals surface area contributed by atoms with Gasteiger partial charge in [-0.3, -0.25) is 9.67 Å². The van der Waals surface area contributed by atoms with Crippen LogP contribution in [-0.2, 0) is 6.54 Å². The van der Waals surface area contributed by atoms with Crippen molar-refractivity contribution >= 4 is 11.5 Å². The third-order valence-corrected chi connectivity index (χ3v) is 5.95. The van der Waals surface area contributed by atoms with Gasteiger partial charge in [-0.1, -0.05) is 24.8 Å². The topological polar surface area (TPSA) is 94.0 Å². The SMILES string of the molecule is C=C(N)C(C)(CNc1nc(-c2cc(C3=NCC=C3)n(Cc3cccc(F)c3F)n2)ncc1F)C(F)(F)F. The average Bonchev–Trinajstić information content (AvgIpc) is 3.50. The molecule has 3 N–H and O–H groups in total. The van der Waals surface area contributed by atoms with Crippen molar-refractivity contribution in [3.05, 3.63) is 83.6 Å². The molecule has 1 atom stereocenters. The maximum absolute atomic E-state index is 14.4. The molecule has 0 bridgehead atoms. The van der Waals surface area contributed by atoms with Gasteiger partial charge in [-0.2, -0.15) is 18.3 Å². The predicted octanol–water partition coefficient (Wildman–Crippen LogP) is 4.62. The molecule has 0 saturated carbocycles. The molecule has 1 aliphatic rings. The van der Waals surface area contributed by atoms with E-state index in [4.69, 9.17) is 5.73 Å². The third-order valence-electron chi connectivity index (χ3n) is 5.95. The Morgan fingerprint density at radius 3 is 2.59 bits per heavy atom. The van der Waals surface area contributed by atoms with Crippen LogP contribution in [0.4, 0.5) is 32.2 Å². The summed E-state index contributed by atoms with van der Waals surface area (Å²) in [5.41, 5.74) is 3.25. The highest BCUT2D eigenvalue weighted by molar-refractivity contribution is 6.09. The molecular weight excluding hydrogens is 500 g/mol. The van der Waals surface area contributed by atoms with Crippen molar-refractivity contribution in [1.29, 1.82) is 0 Å². The molecule has 0 spiro atoms. The minimum Gasteiger partial charge on any atom is -0.402 e. The largest absolute Gasteiger partial charge is 0.402 e. The summed E-state index contributed by atoms with van der Waals surface area (Å²) in [7, 11) is 0. The van der Waals surface area contributed by atoms with Crippen LogP contribution >= 0.6 is 0 Å². The van der Waals surface area contributed by atoms with Crippen LogP contribution in [0.15, 0.2) is 59.9 Å². The lowest BCUT2D eigenvalue weighted by Crippen LogP contribution is -2.45. The van der Waals surface area contributed by atoms with Gasteiger partial charge in [0.15, 0.2) is 29.1 Å². The summed E-state index contributed by atoms with van der Waals surface area (Å²) in [5.74, 6) is -3.68. The second-order valence-corrected chi connectivity index (χ2v) is 8.51.